The number of amides is 2. The Morgan fingerprint density at radius 2 is 1.60 bits per heavy atom. The van der Waals surface area contributed by atoms with Gasteiger partial charge in [-0.05, 0) is 37.0 Å². The number of imide groups is 1. The van der Waals surface area contributed by atoms with Gasteiger partial charge in [-0.1, -0.05) is 19.1 Å². The molecule has 4 nitrogen and oxygen atoms in total. The van der Waals surface area contributed by atoms with E-state index in [1.807, 2.05) is 24.3 Å². The summed E-state index contributed by atoms with van der Waals surface area (Å²) >= 11 is 0. The first kappa shape index (κ1) is 12.1. The fourth-order valence-electron chi connectivity index (χ4n) is 3.85. The summed E-state index contributed by atoms with van der Waals surface area (Å²) in [7, 11) is 0. The van der Waals surface area contributed by atoms with Crippen LogP contribution in [0, 0.1) is 11.8 Å². The molecule has 2 bridgehead atoms. The highest BCUT2D eigenvalue weighted by Gasteiger charge is 2.62. The van der Waals surface area contributed by atoms with Crippen LogP contribution < -0.4 is 4.90 Å². The van der Waals surface area contributed by atoms with Crippen LogP contribution >= 0.6 is 0 Å². The van der Waals surface area contributed by atoms with Crippen LogP contribution in [0.2, 0.25) is 0 Å². The molecule has 3 fully saturated rings. The van der Waals surface area contributed by atoms with E-state index in [0.29, 0.717) is 5.69 Å². The molecule has 4 atom stereocenters. The Hall–Kier alpha value is -1.68. The van der Waals surface area contributed by atoms with E-state index in [0.717, 1.165) is 19.3 Å². The zero-order valence-electron chi connectivity index (χ0n) is 11.4. The van der Waals surface area contributed by atoms with E-state index in [2.05, 4.69) is 6.92 Å². The van der Waals surface area contributed by atoms with Gasteiger partial charge < -0.3 is 4.74 Å². The average Bonchev–Trinajstić information content (AvgIpc) is 3.14. The molecule has 0 saturated carbocycles. The maximum Gasteiger partial charge on any atom is 0.240 e. The summed E-state index contributed by atoms with van der Waals surface area (Å²) in [5, 5.41) is 0. The summed E-state index contributed by atoms with van der Waals surface area (Å²) in [5.41, 5.74) is 1.91. The molecule has 3 saturated heterocycles. The Morgan fingerprint density at radius 3 is 2.10 bits per heavy atom. The van der Waals surface area contributed by atoms with Gasteiger partial charge >= 0.3 is 0 Å². The van der Waals surface area contributed by atoms with Crippen molar-refractivity contribution >= 4 is 17.5 Å². The Labute approximate surface area is 117 Å². The van der Waals surface area contributed by atoms with Crippen LogP contribution in [0.3, 0.4) is 0 Å². The highest BCUT2D eigenvalue weighted by atomic mass is 16.5. The van der Waals surface area contributed by atoms with E-state index >= 15 is 0 Å². The van der Waals surface area contributed by atoms with Gasteiger partial charge in [0.25, 0.3) is 0 Å². The molecule has 0 spiro atoms. The van der Waals surface area contributed by atoms with Crippen LogP contribution in [0.1, 0.15) is 25.3 Å². The van der Waals surface area contributed by atoms with E-state index < -0.39 is 0 Å². The highest BCUT2D eigenvalue weighted by molar-refractivity contribution is 6.22. The first-order chi connectivity index (χ1) is 9.70. The molecule has 1 aromatic rings. The minimum atomic E-state index is -0.243. The fourth-order valence-corrected chi connectivity index (χ4v) is 3.85. The van der Waals surface area contributed by atoms with Crippen molar-refractivity contribution in [2.75, 3.05) is 4.90 Å². The molecule has 0 unspecified atom stereocenters. The molecule has 20 heavy (non-hydrogen) atoms. The van der Waals surface area contributed by atoms with Gasteiger partial charge in [-0.2, -0.15) is 0 Å². The summed E-state index contributed by atoms with van der Waals surface area (Å²) in [5.74, 6) is -0.632. The molecule has 4 rings (SSSR count). The topological polar surface area (TPSA) is 46.6 Å². The fraction of sp³-hybridized carbons (Fsp3) is 0.500. The molecule has 0 N–H and O–H groups in total. The second kappa shape index (κ2) is 4.16. The van der Waals surface area contributed by atoms with Crippen molar-refractivity contribution in [1.82, 2.24) is 0 Å². The summed E-state index contributed by atoms with van der Waals surface area (Å²) in [6.45, 7) is 2.08. The molecule has 0 radical (unpaired) electrons. The number of ether oxygens (including phenoxy) is 1. The summed E-state index contributed by atoms with van der Waals surface area (Å²) in [6, 6.07) is 7.71. The second-order valence-electron chi connectivity index (χ2n) is 5.87. The molecular weight excluding hydrogens is 254 g/mol. The quantitative estimate of drug-likeness (QED) is 0.772. The van der Waals surface area contributed by atoms with E-state index in [1.54, 1.807) is 0 Å². The van der Waals surface area contributed by atoms with Crippen LogP contribution in [0.25, 0.3) is 0 Å². The van der Waals surface area contributed by atoms with E-state index in [4.69, 9.17) is 4.74 Å². The number of benzene rings is 1. The first-order valence-corrected chi connectivity index (χ1v) is 7.33. The van der Waals surface area contributed by atoms with Crippen molar-refractivity contribution in [2.45, 2.75) is 38.4 Å². The third-order valence-corrected chi connectivity index (χ3v) is 4.89. The van der Waals surface area contributed by atoms with Gasteiger partial charge in [-0.3, -0.25) is 9.59 Å². The third kappa shape index (κ3) is 1.45. The minimum absolute atomic E-state index is 0.0404. The van der Waals surface area contributed by atoms with Gasteiger partial charge in [0, 0.05) is 0 Å². The molecule has 0 aromatic heterocycles. The number of rotatable bonds is 2. The lowest BCUT2D eigenvalue weighted by Crippen LogP contribution is -2.34. The zero-order valence-corrected chi connectivity index (χ0v) is 11.4. The van der Waals surface area contributed by atoms with Crippen LogP contribution in [-0.4, -0.2) is 24.0 Å². The molecular formula is C16H17NO3. The Balaban J connectivity index is 1.69. The first-order valence-electron chi connectivity index (χ1n) is 7.33. The zero-order chi connectivity index (χ0) is 13.9. The van der Waals surface area contributed by atoms with Gasteiger partial charge in [-0.25, -0.2) is 4.90 Å². The van der Waals surface area contributed by atoms with Crippen molar-refractivity contribution in [3.8, 4) is 0 Å². The number of anilines is 1. The number of carbonyl (C=O) groups excluding carboxylic acids is 2. The predicted octanol–water partition coefficient (Wildman–Crippen LogP) is 1.92. The predicted molar refractivity (Wildman–Crippen MR) is 73.2 cm³/mol. The van der Waals surface area contributed by atoms with Gasteiger partial charge in [0.2, 0.25) is 11.8 Å². The van der Waals surface area contributed by atoms with Crippen molar-refractivity contribution in [3.63, 3.8) is 0 Å². The van der Waals surface area contributed by atoms with Gasteiger partial charge in [0.1, 0.15) is 0 Å². The smallest absolute Gasteiger partial charge is 0.240 e. The normalized spacial score (nSPS) is 35.0. The van der Waals surface area contributed by atoms with E-state index in [-0.39, 0.29) is 35.9 Å². The van der Waals surface area contributed by atoms with Crippen LogP contribution in [0.5, 0.6) is 0 Å². The molecule has 4 heteroatoms. The number of fused-ring (bicyclic) bond motifs is 5. The average molecular weight is 271 g/mol. The SMILES string of the molecule is CCc1ccc(N2C(=O)[C@@H]3[C@H](C2=O)[C@H]2CC[C@@H]3O2)cc1. The maximum atomic E-state index is 12.6. The maximum absolute atomic E-state index is 12.6. The Bertz CT molecular complexity index is 552. The largest absolute Gasteiger partial charge is 0.373 e. The number of hydrogen-bond donors (Lipinski definition) is 0. The molecule has 3 aliphatic rings. The van der Waals surface area contributed by atoms with Gasteiger partial charge in [0.15, 0.2) is 0 Å². The molecule has 1 aromatic carbocycles. The lowest BCUT2D eigenvalue weighted by Gasteiger charge is -2.17. The molecule has 0 aliphatic carbocycles. The molecule has 104 valence electrons. The lowest BCUT2D eigenvalue weighted by molar-refractivity contribution is -0.124. The molecule has 3 aliphatic heterocycles. The van der Waals surface area contributed by atoms with Gasteiger partial charge in [0.05, 0.1) is 29.7 Å². The van der Waals surface area contributed by atoms with Crippen LogP contribution in [-0.2, 0) is 20.7 Å². The minimum Gasteiger partial charge on any atom is -0.373 e. The number of hydrogen-bond acceptors (Lipinski definition) is 3. The van der Waals surface area contributed by atoms with Crippen molar-refractivity contribution < 1.29 is 14.3 Å². The number of nitrogens with zero attached hydrogens (tertiary/aromatic N) is 1. The van der Waals surface area contributed by atoms with Crippen LogP contribution in [0.15, 0.2) is 24.3 Å². The third-order valence-electron chi connectivity index (χ3n) is 4.89. The number of aryl methyl sites for hydroxylation is 1. The van der Waals surface area contributed by atoms with Crippen molar-refractivity contribution in [3.05, 3.63) is 29.8 Å². The molecule has 3 heterocycles. The van der Waals surface area contributed by atoms with E-state index in [1.165, 1.54) is 10.5 Å². The van der Waals surface area contributed by atoms with Crippen molar-refractivity contribution in [1.29, 1.82) is 0 Å². The summed E-state index contributed by atoms with van der Waals surface area (Å²) in [6.07, 6.45) is 2.69. The lowest BCUT2D eigenvalue weighted by atomic mass is 9.81. The standard InChI is InChI=1S/C16H17NO3/c1-2-9-3-5-10(6-4-9)17-15(18)13-11-7-8-12(20-11)14(13)16(17)19/h3-6,11-14H,2,7-8H2,1H3/t11-,12+,13-,14+. The Morgan fingerprint density at radius 1 is 1.05 bits per heavy atom. The van der Waals surface area contributed by atoms with Gasteiger partial charge in [-0.15, -0.1) is 0 Å². The second-order valence-corrected chi connectivity index (χ2v) is 5.87. The monoisotopic (exact) mass is 271 g/mol. The number of carbonyl (C=O) groups is 2. The molecule has 2 amide bonds. The summed E-state index contributed by atoms with van der Waals surface area (Å²) < 4.78 is 5.73. The van der Waals surface area contributed by atoms with Crippen LogP contribution in [0.4, 0.5) is 5.69 Å². The van der Waals surface area contributed by atoms with Crippen molar-refractivity contribution in [2.24, 2.45) is 11.8 Å². The summed E-state index contributed by atoms with van der Waals surface area (Å²) in [4.78, 5) is 26.5. The Kier molecular flexibility index (Phi) is 2.51. The highest BCUT2D eigenvalue weighted by Crippen LogP contribution is 2.49. The van der Waals surface area contributed by atoms with E-state index in [9.17, 15) is 9.59 Å².